The second kappa shape index (κ2) is 10.9. The van der Waals surface area contributed by atoms with Gasteiger partial charge < -0.3 is 22.1 Å². The molecule has 7 N–H and O–H groups in total. The van der Waals surface area contributed by atoms with Gasteiger partial charge in [-0.3, -0.25) is 15.0 Å². The van der Waals surface area contributed by atoms with E-state index < -0.39 is 30.6 Å². The topological polar surface area (TPSA) is 134 Å². The highest BCUT2D eigenvalue weighted by Crippen LogP contribution is 2.05. The summed E-state index contributed by atoms with van der Waals surface area (Å²) in [5.41, 5.74) is 13.6. The lowest BCUT2D eigenvalue weighted by molar-refractivity contribution is -0.130. The van der Waals surface area contributed by atoms with E-state index in [1.54, 1.807) is 24.3 Å². The Kier molecular flexibility index (Phi) is 8.29. The summed E-state index contributed by atoms with van der Waals surface area (Å²) in [5.74, 6) is -1.25. The molecule has 8 heteroatoms. The largest absolute Gasteiger partial charge is 0.384 e. The molecule has 0 aliphatic carbocycles. The fourth-order valence-corrected chi connectivity index (χ4v) is 2.67. The van der Waals surface area contributed by atoms with Crippen LogP contribution in [0.25, 0.3) is 0 Å². The van der Waals surface area contributed by atoms with Gasteiger partial charge in [-0.25, -0.2) is 4.39 Å². The molecule has 0 fully saturated rings. The molecule has 0 aromatic heterocycles. The summed E-state index contributed by atoms with van der Waals surface area (Å²) in [4.78, 5) is 24.4. The van der Waals surface area contributed by atoms with Gasteiger partial charge in [0.2, 0.25) is 11.8 Å². The van der Waals surface area contributed by atoms with Crippen molar-refractivity contribution in [1.82, 2.24) is 10.6 Å². The van der Waals surface area contributed by atoms with Gasteiger partial charge >= 0.3 is 0 Å². The summed E-state index contributed by atoms with van der Waals surface area (Å²) in [6.45, 7) is -0.879. The van der Waals surface area contributed by atoms with Crippen LogP contribution in [0.3, 0.4) is 0 Å². The van der Waals surface area contributed by atoms with E-state index >= 15 is 0 Å². The normalized spacial score (nSPS) is 12.6. The van der Waals surface area contributed by atoms with Crippen LogP contribution in [0, 0.1) is 5.41 Å². The third kappa shape index (κ3) is 7.00. The van der Waals surface area contributed by atoms with Crippen molar-refractivity contribution in [2.75, 3.05) is 6.67 Å². The molecule has 2 amide bonds. The Morgan fingerprint density at radius 1 is 1.00 bits per heavy atom. The van der Waals surface area contributed by atoms with E-state index in [1.165, 1.54) is 0 Å². The maximum absolute atomic E-state index is 13.3. The number of carbonyl (C=O) groups is 2. The van der Waals surface area contributed by atoms with E-state index in [-0.39, 0.29) is 12.4 Å². The molecule has 2 unspecified atom stereocenters. The first kappa shape index (κ1) is 22.0. The Hall–Kier alpha value is -3.26. The number of hydrogen-bond donors (Lipinski definition) is 5. The smallest absolute Gasteiger partial charge is 0.245 e. The number of nitrogens with one attached hydrogen (secondary N) is 3. The number of rotatable bonds is 10. The molecule has 0 heterocycles. The van der Waals surface area contributed by atoms with E-state index in [1.807, 2.05) is 30.3 Å². The van der Waals surface area contributed by atoms with Crippen molar-refractivity contribution in [2.24, 2.45) is 11.5 Å². The molecular formula is C21H26FN5O2. The number of nitrogen functional groups attached to an aromatic ring is 1. The van der Waals surface area contributed by atoms with E-state index in [4.69, 9.17) is 16.9 Å². The molecule has 2 rings (SSSR count). The first-order valence-electron chi connectivity index (χ1n) is 9.27. The summed E-state index contributed by atoms with van der Waals surface area (Å²) in [7, 11) is 0. The average Bonchev–Trinajstić information content (AvgIpc) is 2.74. The first-order valence-corrected chi connectivity index (χ1v) is 9.27. The average molecular weight is 399 g/mol. The van der Waals surface area contributed by atoms with E-state index in [2.05, 4.69) is 10.6 Å². The highest BCUT2D eigenvalue weighted by molar-refractivity contribution is 5.95. The Balaban J connectivity index is 1.81. The molecule has 0 saturated heterocycles. The molecule has 0 bridgehead atoms. The quantitative estimate of drug-likeness (QED) is 0.301. The molecule has 7 nitrogen and oxygen atoms in total. The zero-order valence-electron chi connectivity index (χ0n) is 16.0. The predicted molar refractivity (Wildman–Crippen MR) is 110 cm³/mol. The van der Waals surface area contributed by atoms with Crippen molar-refractivity contribution in [3.05, 3.63) is 71.3 Å². The lowest BCUT2D eigenvalue weighted by atomic mass is 10.1. The van der Waals surface area contributed by atoms with Crippen molar-refractivity contribution in [1.29, 1.82) is 5.41 Å². The van der Waals surface area contributed by atoms with Crippen LogP contribution in [0.5, 0.6) is 0 Å². The lowest BCUT2D eigenvalue weighted by Crippen LogP contribution is -2.52. The molecular weight excluding hydrogens is 373 g/mol. The van der Waals surface area contributed by atoms with Gasteiger partial charge in [0, 0.05) is 12.1 Å². The van der Waals surface area contributed by atoms with Gasteiger partial charge in [0.1, 0.15) is 18.6 Å². The van der Waals surface area contributed by atoms with E-state index in [0.29, 0.717) is 18.4 Å². The van der Waals surface area contributed by atoms with Crippen LogP contribution in [0.15, 0.2) is 54.6 Å². The summed E-state index contributed by atoms with van der Waals surface area (Å²) < 4.78 is 13.3. The van der Waals surface area contributed by atoms with Crippen LogP contribution in [-0.2, 0) is 22.6 Å². The van der Waals surface area contributed by atoms with Gasteiger partial charge in [-0.1, -0.05) is 54.6 Å². The van der Waals surface area contributed by atoms with Crippen LogP contribution in [0.2, 0.25) is 0 Å². The Bertz CT molecular complexity index is 827. The fourth-order valence-electron chi connectivity index (χ4n) is 2.67. The highest BCUT2D eigenvalue weighted by Gasteiger charge is 2.23. The highest BCUT2D eigenvalue weighted by atomic mass is 19.1. The van der Waals surface area contributed by atoms with Crippen LogP contribution in [0.4, 0.5) is 4.39 Å². The third-order valence-corrected chi connectivity index (χ3v) is 4.44. The second-order valence-electron chi connectivity index (χ2n) is 6.67. The first-order chi connectivity index (χ1) is 13.9. The number of carbonyl (C=O) groups excluding carboxylic acids is 2. The molecule has 0 aliphatic rings. The monoisotopic (exact) mass is 399 g/mol. The van der Waals surface area contributed by atoms with Crippen LogP contribution < -0.4 is 22.1 Å². The van der Waals surface area contributed by atoms with Crippen LogP contribution in [-0.4, -0.2) is 36.4 Å². The molecule has 0 aliphatic heterocycles. The fraction of sp³-hybridized carbons (Fsp3) is 0.286. The van der Waals surface area contributed by atoms with Gasteiger partial charge in [0.05, 0.1) is 6.04 Å². The Labute approximate surface area is 169 Å². The molecule has 2 aromatic carbocycles. The van der Waals surface area contributed by atoms with Crippen molar-refractivity contribution in [3.63, 3.8) is 0 Å². The SMILES string of the molecule is N=C(N)c1ccc(CNC(=O)C(CF)NC(=O)C(N)CCc2ccccc2)cc1. The summed E-state index contributed by atoms with van der Waals surface area (Å²) in [5, 5.41) is 12.3. The molecule has 154 valence electrons. The molecule has 0 radical (unpaired) electrons. The van der Waals surface area contributed by atoms with Crippen molar-refractivity contribution in [2.45, 2.75) is 31.5 Å². The number of amidine groups is 1. The van der Waals surface area contributed by atoms with Gasteiger partial charge in [-0.2, -0.15) is 0 Å². The predicted octanol–water partition coefficient (Wildman–Crippen LogP) is 1.00. The van der Waals surface area contributed by atoms with Gasteiger partial charge in [0.25, 0.3) is 0 Å². The number of halogens is 1. The van der Waals surface area contributed by atoms with Crippen molar-refractivity contribution < 1.29 is 14.0 Å². The zero-order valence-corrected chi connectivity index (χ0v) is 16.0. The minimum absolute atomic E-state index is 0.0515. The molecule has 2 atom stereocenters. The van der Waals surface area contributed by atoms with Crippen LogP contribution >= 0.6 is 0 Å². The number of hydrogen-bond acceptors (Lipinski definition) is 4. The second-order valence-corrected chi connectivity index (χ2v) is 6.67. The number of aryl methyl sites for hydroxylation is 1. The number of amides is 2. The Morgan fingerprint density at radius 3 is 2.24 bits per heavy atom. The van der Waals surface area contributed by atoms with Gasteiger partial charge in [-0.05, 0) is 24.0 Å². The number of nitrogens with two attached hydrogens (primary N) is 2. The lowest BCUT2D eigenvalue weighted by Gasteiger charge is -2.18. The maximum atomic E-state index is 13.3. The van der Waals surface area contributed by atoms with Crippen molar-refractivity contribution >= 4 is 17.6 Å². The zero-order chi connectivity index (χ0) is 21.2. The summed E-state index contributed by atoms with van der Waals surface area (Å²) in [6, 6.07) is 14.2. The number of benzene rings is 2. The van der Waals surface area contributed by atoms with Gasteiger partial charge in [-0.15, -0.1) is 0 Å². The van der Waals surface area contributed by atoms with Crippen molar-refractivity contribution in [3.8, 4) is 0 Å². The number of alkyl halides is 1. The van der Waals surface area contributed by atoms with E-state index in [9.17, 15) is 14.0 Å². The minimum atomic E-state index is -1.30. The Morgan fingerprint density at radius 2 is 1.66 bits per heavy atom. The standard InChI is InChI=1S/C21H26FN5O2/c22-12-18(21(29)26-13-15-6-9-16(10-7-15)19(24)25)27-20(28)17(23)11-8-14-4-2-1-3-5-14/h1-7,9-10,17-18H,8,11-13,23H2,(H3,24,25)(H,26,29)(H,27,28). The minimum Gasteiger partial charge on any atom is -0.384 e. The third-order valence-electron chi connectivity index (χ3n) is 4.44. The molecule has 29 heavy (non-hydrogen) atoms. The maximum Gasteiger partial charge on any atom is 0.245 e. The summed E-state index contributed by atoms with van der Waals surface area (Å²) in [6.07, 6.45) is 0.997. The van der Waals surface area contributed by atoms with Gasteiger partial charge in [0.15, 0.2) is 0 Å². The molecule has 2 aromatic rings. The molecule has 0 saturated carbocycles. The van der Waals surface area contributed by atoms with Crippen LogP contribution in [0.1, 0.15) is 23.1 Å². The summed E-state index contributed by atoms with van der Waals surface area (Å²) >= 11 is 0. The van der Waals surface area contributed by atoms with E-state index in [0.717, 1.165) is 11.1 Å². The molecule has 0 spiro atoms.